The van der Waals surface area contributed by atoms with Gasteiger partial charge in [-0.1, -0.05) is 0 Å². The van der Waals surface area contributed by atoms with Crippen molar-refractivity contribution in [3.8, 4) is 0 Å². The van der Waals surface area contributed by atoms with Crippen LogP contribution in [0.4, 0.5) is 4.79 Å². The predicted molar refractivity (Wildman–Crippen MR) is 66.8 cm³/mol. The number of nitrogens with zero attached hydrogens (tertiary/aromatic N) is 1. The number of carboxylic acid groups (broad SMARTS) is 1. The van der Waals surface area contributed by atoms with E-state index in [1.807, 2.05) is 20.8 Å². The number of hydrogen-bond donors (Lipinski definition) is 1. The molecule has 2 fully saturated rings. The molecule has 2 atom stereocenters. The summed E-state index contributed by atoms with van der Waals surface area (Å²) >= 11 is 0. The van der Waals surface area contributed by atoms with Crippen molar-refractivity contribution in [2.45, 2.75) is 44.8 Å². The third-order valence-electron chi connectivity index (χ3n) is 3.39. The molecule has 1 saturated heterocycles. The van der Waals surface area contributed by atoms with Crippen LogP contribution >= 0.6 is 0 Å². The first kappa shape index (κ1) is 14.1. The minimum Gasteiger partial charge on any atom is -0.481 e. The summed E-state index contributed by atoms with van der Waals surface area (Å²) in [5.74, 6) is -1.36. The van der Waals surface area contributed by atoms with Gasteiger partial charge in [-0.2, -0.15) is 0 Å². The molecule has 6 heteroatoms. The van der Waals surface area contributed by atoms with Crippen molar-refractivity contribution in [1.82, 2.24) is 4.90 Å². The highest BCUT2D eigenvalue weighted by Crippen LogP contribution is 2.48. The third-order valence-corrected chi connectivity index (χ3v) is 3.39. The second-order valence-corrected chi connectivity index (χ2v) is 6.26. The van der Waals surface area contributed by atoms with Gasteiger partial charge in [0.2, 0.25) is 0 Å². The minimum absolute atomic E-state index is 0.304. The highest BCUT2D eigenvalue weighted by molar-refractivity contribution is 5.76. The van der Waals surface area contributed by atoms with Gasteiger partial charge < -0.3 is 19.5 Å². The first-order chi connectivity index (χ1) is 8.73. The van der Waals surface area contributed by atoms with Crippen molar-refractivity contribution in [3.63, 3.8) is 0 Å². The number of hydrogen-bond acceptors (Lipinski definition) is 4. The lowest BCUT2D eigenvalue weighted by Gasteiger charge is -2.28. The molecule has 1 heterocycles. The summed E-state index contributed by atoms with van der Waals surface area (Å²) < 4.78 is 11.0. The molecule has 1 aliphatic carbocycles. The summed E-state index contributed by atoms with van der Waals surface area (Å²) in [5.41, 5.74) is -1.24. The van der Waals surface area contributed by atoms with Gasteiger partial charge in [-0.25, -0.2) is 4.79 Å². The zero-order valence-corrected chi connectivity index (χ0v) is 11.6. The van der Waals surface area contributed by atoms with Crippen LogP contribution < -0.4 is 0 Å². The van der Waals surface area contributed by atoms with Crippen LogP contribution in [-0.2, 0) is 14.3 Å². The summed E-state index contributed by atoms with van der Waals surface area (Å²) in [4.78, 5) is 24.7. The molecular weight excluding hydrogens is 250 g/mol. The van der Waals surface area contributed by atoms with E-state index in [1.54, 1.807) is 4.90 Å². The summed E-state index contributed by atoms with van der Waals surface area (Å²) in [6.07, 6.45) is 0.781. The molecule has 0 aromatic carbocycles. The van der Waals surface area contributed by atoms with E-state index in [1.165, 1.54) is 0 Å². The van der Waals surface area contributed by atoms with Gasteiger partial charge in [0.05, 0.1) is 12.5 Å². The summed E-state index contributed by atoms with van der Waals surface area (Å²) in [5, 5.41) is 9.06. The monoisotopic (exact) mass is 271 g/mol. The van der Waals surface area contributed by atoms with Gasteiger partial charge in [-0.15, -0.1) is 0 Å². The number of rotatable bonds is 1. The standard InChI is InChI=1S/C13H21NO5/c1-12(2,3)19-11(17)14-5-4-6-18-13(8-14)7-9(13)10(15)16/h9H,4-8H2,1-3H3,(H,15,16). The van der Waals surface area contributed by atoms with Gasteiger partial charge in [0, 0.05) is 13.2 Å². The van der Waals surface area contributed by atoms with Gasteiger partial charge in [0.25, 0.3) is 0 Å². The molecule has 6 nitrogen and oxygen atoms in total. The zero-order chi connectivity index (χ0) is 14.3. The molecule has 2 rings (SSSR count). The molecule has 1 spiro atoms. The van der Waals surface area contributed by atoms with Gasteiger partial charge in [0.1, 0.15) is 11.2 Å². The van der Waals surface area contributed by atoms with Gasteiger partial charge in [-0.3, -0.25) is 4.79 Å². The van der Waals surface area contributed by atoms with Crippen molar-refractivity contribution in [3.05, 3.63) is 0 Å². The number of amides is 1. The highest BCUT2D eigenvalue weighted by Gasteiger charge is 2.61. The van der Waals surface area contributed by atoms with Crippen LogP contribution in [-0.4, -0.2) is 53.0 Å². The predicted octanol–water partition coefficient (Wildman–Crippen LogP) is 1.49. The van der Waals surface area contributed by atoms with Crippen LogP contribution in [0.25, 0.3) is 0 Å². The first-order valence-corrected chi connectivity index (χ1v) is 6.58. The second kappa shape index (κ2) is 4.67. The van der Waals surface area contributed by atoms with Crippen LogP contribution in [0.5, 0.6) is 0 Å². The molecule has 1 N–H and O–H groups in total. The molecule has 0 aromatic rings. The fourth-order valence-electron chi connectivity index (χ4n) is 2.39. The Kier molecular flexibility index (Phi) is 3.47. The number of ether oxygens (including phenoxy) is 2. The molecule has 19 heavy (non-hydrogen) atoms. The van der Waals surface area contributed by atoms with E-state index in [2.05, 4.69) is 0 Å². The van der Waals surface area contributed by atoms with Crippen molar-refractivity contribution < 1.29 is 24.2 Å². The number of carbonyl (C=O) groups excluding carboxylic acids is 1. The van der Waals surface area contributed by atoms with E-state index in [-0.39, 0.29) is 0 Å². The van der Waals surface area contributed by atoms with Crippen LogP contribution in [0.15, 0.2) is 0 Å². The van der Waals surface area contributed by atoms with Crippen LogP contribution in [0.1, 0.15) is 33.6 Å². The molecule has 2 aliphatic rings. The average molecular weight is 271 g/mol. The van der Waals surface area contributed by atoms with E-state index in [4.69, 9.17) is 14.6 Å². The maximum Gasteiger partial charge on any atom is 0.410 e. The first-order valence-electron chi connectivity index (χ1n) is 6.58. The van der Waals surface area contributed by atoms with Gasteiger partial charge in [-0.05, 0) is 33.6 Å². The van der Waals surface area contributed by atoms with Crippen LogP contribution in [0.3, 0.4) is 0 Å². The Labute approximate surface area is 112 Å². The van der Waals surface area contributed by atoms with Crippen LogP contribution in [0, 0.1) is 5.92 Å². The number of aliphatic carboxylic acids is 1. The molecule has 0 aromatic heterocycles. The van der Waals surface area contributed by atoms with Crippen molar-refractivity contribution in [2.75, 3.05) is 19.7 Å². The lowest BCUT2D eigenvalue weighted by Crippen LogP contribution is -2.42. The Balaban J connectivity index is 2.02. The summed E-state index contributed by atoms with van der Waals surface area (Å²) in [6, 6.07) is 0. The Morgan fingerprint density at radius 2 is 2.11 bits per heavy atom. The fraction of sp³-hybridized carbons (Fsp3) is 0.846. The quantitative estimate of drug-likeness (QED) is 0.782. The van der Waals surface area contributed by atoms with Crippen LogP contribution in [0.2, 0.25) is 0 Å². The largest absolute Gasteiger partial charge is 0.481 e. The van der Waals surface area contributed by atoms with Gasteiger partial charge >= 0.3 is 12.1 Å². The number of carboxylic acids is 1. The Morgan fingerprint density at radius 3 is 2.63 bits per heavy atom. The van der Waals surface area contributed by atoms with E-state index < -0.39 is 29.2 Å². The molecule has 108 valence electrons. The molecule has 0 radical (unpaired) electrons. The Hall–Kier alpha value is -1.30. The SMILES string of the molecule is CC(C)(C)OC(=O)N1CCCOC2(CC2C(=O)O)C1. The second-order valence-electron chi connectivity index (χ2n) is 6.26. The normalized spacial score (nSPS) is 30.9. The maximum absolute atomic E-state index is 12.1. The molecule has 1 saturated carbocycles. The third kappa shape index (κ3) is 3.18. The Bertz CT molecular complexity index is 389. The van der Waals surface area contributed by atoms with E-state index in [0.717, 1.165) is 0 Å². The lowest BCUT2D eigenvalue weighted by molar-refractivity contribution is -0.141. The van der Waals surface area contributed by atoms with Gasteiger partial charge in [0.15, 0.2) is 0 Å². The average Bonchev–Trinajstić information content (AvgIpc) is 2.99. The van der Waals surface area contributed by atoms with E-state index in [9.17, 15) is 9.59 Å². The smallest absolute Gasteiger partial charge is 0.410 e. The molecule has 1 aliphatic heterocycles. The zero-order valence-electron chi connectivity index (χ0n) is 11.6. The number of carbonyl (C=O) groups is 2. The minimum atomic E-state index is -0.856. The lowest BCUT2D eigenvalue weighted by atomic mass is 10.2. The summed E-state index contributed by atoms with van der Waals surface area (Å²) in [7, 11) is 0. The molecule has 2 unspecified atom stereocenters. The van der Waals surface area contributed by atoms with Crippen molar-refractivity contribution in [2.24, 2.45) is 5.92 Å². The van der Waals surface area contributed by atoms with E-state index >= 15 is 0 Å². The summed E-state index contributed by atoms with van der Waals surface area (Å²) in [6.45, 7) is 6.77. The molecule has 1 amide bonds. The van der Waals surface area contributed by atoms with E-state index in [0.29, 0.717) is 32.5 Å². The maximum atomic E-state index is 12.1. The topological polar surface area (TPSA) is 76.1 Å². The molecular formula is C13H21NO5. The Morgan fingerprint density at radius 1 is 1.42 bits per heavy atom. The molecule has 0 bridgehead atoms. The highest BCUT2D eigenvalue weighted by atomic mass is 16.6. The van der Waals surface area contributed by atoms with Crippen molar-refractivity contribution in [1.29, 1.82) is 0 Å². The van der Waals surface area contributed by atoms with Crippen molar-refractivity contribution >= 4 is 12.1 Å². The fourth-order valence-corrected chi connectivity index (χ4v) is 2.39.